The molecule has 0 bridgehead atoms. The molecule has 0 fully saturated rings. The third-order valence-electron chi connectivity index (χ3n) is 6.00. The predicted molar refractivity (Wildman–Crippen MR) is 123 cm³/mol. The van der Waals surface area contributed by atoms with Crippen molar-refractivity contribution in [1.29, 1.82) is 0 Å². The first-order valence-corrected chi connectivity index (χ1v) is 11.5. The number of benzene rings is 3. The Balaban J connectivity index is 1.28. The molecule has 1 N–H and O–H groups in total. The van der Waals surface area contributed by atoms with E-state index in [4.69, 9.17) is 0 Å². The lowest BCUT2D eigenvalue weighted by molar-refractivity contribution is -0.287. The number of anilines is 1. The molecular weight excluding hydrogens is 552 g/mol. The molecule has 0 aliphatic carbocycles. The van der Waals surface area contributed by atoms with Crippen LogP contribution in [0.4, 0.5) is 36.8 Å². The van der Waals surface area contributed by atoms with E-state index in [-0.39, 0.29) is 41.0 Å². The number of halogens is 6. The summed E-state index contributed by atoms with van der Waals surface area (Å²) in [6.07, 6.45) is -7.68. The van der Waals surface area contributed by atoms with E-state index < -0.39 is 31.1 Å². The van der Waals surface area contributed by atoms with Gasteiger partial charge in [-0.05, 0) is 59.7 Å². The number of hydrogen-bond acceptors (Lipinski definition) is 7. The van der Waals surface area contributed by atoms with Gasteiger partial charge in [0.05, 0.1) is 12.3 Å². The average molecular weight is 567 g/mol. The highest BCUT2D eigenvalue weighted by Crippen LogP contribution is 2.44. The van der Waals surface area contributed by atoms with Gasteiger partial charge in [-0.25, -0.2) is 9.80 Å². The Morgan fingerprint density at radius 2 is 1.48 bits per heavy atom. The Morgan fingerprint density at radius 3 is 2.12 bits per heavy atom. The number of urea groups is 1. The van der Waals surface area contributed by atoms with Crippen molar-refractivity contribution < 1.29 is 54.8 Å². The van der Waals surface area contributed by atoms with E-state index in [0.29, 0.717) is 16.8 Å². The van der Waals surface area contributed by atoms with Gasteiger partial charge in [0.2, 0.25) is 0 Å². The number of amides is 2. The first kappa shape index (κ1) is 25.5. The molecule has 3 aromatic carbocycles. The lowest BCUT2D eigenvalue weighted by Gasteiger charge is -2.16. The van der Waals surface area contributed by atoms with Gasteiger partial charge in [0.25, 0.3) is 0 Å². The highest BCUT2D eigenvalue weighted by molar-refractivity contribution is 6.08. The number of carbonyl (C=O) groups is 1. The molecule has 1 unspecified atom stereocenters. The Hall–Kier alpha value is -4.82. The second-order valence-electron chi connectivity index (χ2n) is 8.66. The number of nitrogens with zero attached hydrogens (tertiary/aromatic N) is 2. The van der Waals surface area contributed by atoms with Gasteiger partial charge in [-0.1, -0.05) is 6.07 Å². The SMILES string of the molecule is O=C(Nc1ccc2c(c1)OC(F)(F)O2)N1CC(c2ccc3c(c2)OC(F)(F)O3)C(c2ccc(OC(F)F)cc2)=N1. The molecule has 0 aromatic heterocycles. The fourth-order valence-electron chi connectivity index (χ4n) is 4.35. The summed E-state index contributed by atoms with van der Waals surface area (Å²) in [4.78, 5) is 13.1. The van der Waals surface area contributed by atoms with E-state index in [1.165, 1.54) is 54.6 Å². The van der Waals surface area contributed by atoms with Crippen LogP contribution in [0.25, 0.3) is 0 Å². The summed E-state index contributed by atoms with van der Waals surface area (Å²) in [5.41, 5.74) is 1.27. The van der Waals surface area contributed by atoms with Crippen molar-refractivity contribution in [1.82, 2.24) is 5.01 Å². The van der Waals surface area contributed by atoms with E-state index in [9.17, 15) is 31.1 Å². The molecule has 15 heteroatoms. The Bertz CT molecular complexity index is 1520. The Morgan fingerprint density at radius 1 is 0.875 bits per heavy atom. The van der Waals surface area contributed by atoms with Crippen LogP contribution in [0.2, 0.25) is 0 Å². The summed E-state index contributed by atoms with van der Waals surface area (Å²) >= 11 is 0. The van der Waals surface area contributed by atoms with Crippen LogP contribution in [0, 0.1) is 0 Å². The standard InChI is InChI=1S/C25H15F6N3O6/c26-22(27)36-15-5-1-12(2-6-15)21-16(13-3-7-17-19(9-13)39-24(28,29)37-17)11-34(33-21)23(35)32-14-4-8-18-20(10-14)40-25(30,31)38-18/h1-10,16,22H,11H2,(H,32,35). The van der Waals surface area contributed by atoms with Crippen LogP contribution >= 0.6 is 0 Å². The number of hydrogen-bond donors (Lipinski definition) is 1. The number of alkyl halides is 6. The van der Waals surface area contributed by atoms with Crippen molar-refractivity contribution in [2.24, 2.45) is 5.10 Å². The van der Waals surface area contributed by atoms with Crippen molar-refractivity contribution in [3.8, 4) is 28.7 Å². The lowest BCUT2D eigenvalue weighted by Crippen LogP contribution is -2.30. The van der Waals surface area contributed by atoms with Crippen molar-refractivity contribution in [3.05, 3.63) is 71.8 Å². The second-order valence-corrected chi connectivity index (χ2v) is 8.66. The second kappa shape index (κ2) is 9.14. The van der Waals surface area contributed by atoms with Crippen molar-refractivity contribution >= 4 is 17.4 Å². The largest absolute Gasteiger partial charge is 0.586 e. The van der Waals surface area contributed by atoms with Gasteiger partial charge in [0.1, 0.15) is 5.75 Å². The van der Waals surface area contributed by atoms with Gasteiger partial charge in [-0.2, -0.15) is 13.9 Å². The summed E-state index contributed by atoms with van der Waals surface area (Å²) in [6.45, 7) is -3.11. The van der Waals surface area contributed by atoms with Crippen LogP contribution < -0.4 is 29.0 Å². The maximum Gasteiger partial charge on any atom is 0.586 e. The molecule has 0 spiro atoms. The van der Waals surface area contributed by atoms with Gasteiger partial charge in [-0.3, -0.25) is 0 Å². The highest BCUT2D eigenvalue weighted by atomic mass is 19.3. The molecule has 3 aliphatic rings. The lowest BCUT2D eigenvalue weighted by atomic mass is 9.90. The van der Waals surface area contributed by atoms with E-state index in [1.807, 2.05) is 0 Å². The first-order valence-electron chi connectivity index (χ1n) is 11.5. The summed E-state index contributed by atoms with van der Waals surface area (Å²) in [6, 6.07) is 12.5. The van der Waals surface area contributed by atoms with Crippen LogP contribution in [-0.2, 0) is 0 Å². The molecule has 1 atom stereocenters. The molecule has 208 valence electrons. The minimum Gasteiger partial charge on any atom is -0.435 e. The number of carbonyl (C=O) groups excluding carboxylic acids is 1. The van der Waals surface area contributed by atoms with Gasteiger partial charge < -0.3 is 29.0 Å². The molecule has 6 rings (SSSR count). The smallest absolute Gasteiger partial charge is 0.435 e. The fourth-order valence-corrected chi connectivity index (χ4v) is 4.35. The fraction of sp³-hybridized carbons (Fsp3) is 0.200. The van der Waals surface area contributed by atoms with Gasteiger partial charge in [0.15, 0.2) is 23.0 Å². The maximum absolute atomic E-state index is 13.6. The summed E-state index contributed by atoms with van der Waals surface area (Å²) in [5.74, 6) is -1.68. The van der Waals surface area contributed by atoms with E-state index in [2.05, 4.69) is 34.1 Å². The molecule has 3 heterocycles. The zero-order valence-electron chi connectivity index (χ0n) is 19.7. The van der Waals surface area contributed by atoms with Gasteiger partial charge in [-0.15, -0.1) is 17.6 Å². The zero-order chi connectivity index (χ0) is 28.2. The van der Waals surface area contributed by atoms with E-state index in [1.54, 1.807) is 0 Å². The van der Waals surface area contributed by atoms with Crippen molar-refractivity contribution in [2.75, 3.05) is 11.9 Å². The molecule has 40 heavy (non-hydrogen) atoms. The number of rotatable bonds is 5. The van der Waals surface area contributed by atoms with Crippen LogP contribution in [0.1, 0.15) is 17.0 Å². The minimum atomic E-state index is -3.84. The number of nitrogens with one attached hydrogen (secondary N) is 1. The van der Waals surface area contributed by atoms with Gasteiger partial charge in [0, 0.05) is 17.7 Å². The molecule has 3 aromatic rings. The van der Waals surface area contributed by atoms with Crippen molar-refractivity contribution in [3.63, 3.8) is 0 Å². The summed E-state index contributed by atoms with van der Waals surface area (Å²) in [7, 11) is 0. The summed E-state index contributed by atoms with van der Waals surface area (Å²) < 4.78 is 101. The molecule has 9 nitrogen and oxygen atoms in total. The monoisotopic (exact) mass is 567 g/mol. The van der Waals surface area contributed by atoms with Crippen LogP contribution in [0.5, 0.6) is 28.7 Å². The number of fused-ring (bicyclic) bond motifs is 2. The minimum absolute atomic E-state index is 0.0743. The molecule has 2 amide bonds. The van der Waals surface area contributed by atoms with E-state index in [0.717, 1.165) is 11.1 Å². The molecular formula is C25H15F6N3O6. The third-order valence-corrected chi connectivity index (χ3v) is 6.00. The molecule has 0 radical (unpaired) electrons. The average Bonchev–Trinajstić information content (AvgIpc) is 3.54. The van der Waals surface area contributed by atoms with Gasteiger partial charge >= 0.3 is 25.2 Å². The molecule has 0 saturated heterocycles. The first-order chi connectivity index (χ1) is 18.9. The topological polar surface area (TPSA) is 90.9 Å². The molecule has 0 saturated carbocycles. The zero-order valence-corrected chi connectivity index (χ0v) is 19.7. The maximum atomic E-state index is 13.6. The Labute approximate surface area is 220 Å². The van der Waals surface area contributed by atoms with Crippen LogP contribution in [-0.4, -0.2) is 42.5 Å². The summed E-state index contributed by atoms with van der Waals surface area (Å²) in [5, 5.41) is 7.94. The quantitative estimate of drug-likeness (QED) is 0.383. The Kier molecular flexibility index (Phi) is 5.81. The predicted octanol–water partition coefficient (Wildman–Crippen LogP) is 5.97. The van der Waals surface area contributed by atoms with Crippen LogP contribution in [0.3, 0.4) is 0 Å². The normalized spacial score (nSPS) is 19.5. The van der Waals surface area contributed by atoms with E-state index >= 15 is 0 Å². The van der Waals surface area contributed by atoms with Crippen molar-refractivity contribution in [2.45, 2.75) is 25.1 Å². The van der Waals surface area contributed by atoms with Crippen LogP contribution in [0.15, 0.2) is 65.8 Å². The highest BCUT2D eigenvalue weighted by Gasteiger charge is 2.45. The number of ether oxygens (including phenoxy) is 5. The number of hydrazone groups is 1. The molecule has 3 aliphatic heterocycles. The third kappa shape index (κ3) is 4.97.